The molecule has 1 aliphatic rings. The third-order valence-electron chi connectivity index (χ3n) is 12.1. The van der Waals surface area contributed by atoms with Crippen LogP contribution in [0.2, 0.25) is 0 Å². The minimum Gasteiger partial charge on any atom is -0.460 e. The number of aliphatic hydroxyl groups is 1. The number of hydrogen-bond donors (Lipinski definition) is 3. The first-order chi connectivity index (χ1) is 28.1. The van der Waals surface area contributed by atoms with E-state index in [9.17, 15) is 38.7 Å². The predicted molar refractivity (Wildman–Crippen MR) is 228 cm³/mol. The number of aliphatic hydroxyl groups excluding tert-OH is 1. The van der Waals surface area contributed by atoms with Gasteiger partial charge in [0.1, 0.15) is 30.3 Å². The fraction of sp³-hybridized carbons (Fsp3) is 0.667. The van der Waals surface area contributed by atoms with Crippen molar-refractivity contribution in [3.8, 4) is 0 Å². The molecule has 15 heteroatoms. The Kier molecular flexibility index (Phi) is 20.4. The summed E-state index contributed by atoms with van der Waals surface area (Å²) in [4.78, 5) is 100. The maximum atomic E-state index is 14.2. The van der Waals surface area contributed by atoms with E-state index in [-0.39, 0.29) is 30.3 Å². The van der Waals surface area contributed by atoms with E-state index in [1.165, 1.54) is 62.7 Å². The van der Waals surface area contributed by atoms with E-state index in [0.29, 0.717) is 19.3 Å². The lowest BCUT2D eigenvalue weighted by Gasteiger charge is -2.35. The zero-order chi connectivity index (χ0) is 45.6. The van der Waals surface area contributed by atoms with Gasteiger partial charge in [-0.1, -0.05) is 97.7 Å². The van der Waals surface area contributed by atoms with E-state index in [2.05, 4.69) is 10.6 Å². The summed E-state index contributed by atoms with van der Waals surface area (Å²) in [6, 6.07) is 4.67. The predicted octanol–water partition coefficient (Wildman–Crippen LogP) is 3.66. The summed E-state index contributed by atoms with van der Waals surface area (Å²) < 4.78 is 11.8. The van der Waals surface area contributed by atoms with E-state index in [4.69, 9.17) is 9.47 Å². The second kappa shape index (κ2) is 23.9. The van der Waals surface area contributed by atoms with Gasteiger partial charge in [-0.3, -0.25) is 24.0 Å². The number of carbonyl (C=O) groups is 7. The van der Waals surface area contributed by atoms with Gasteiger partial charge in [0, 0.05) is 45.0 Å². The molecule has 1 heterocycles. The highest BCUT2D eigenvalue weighted by atomic mass is 16.6. The normalized spacial score (nSPS) is 29.4. The first kappa shape index (κ1) is 51.4. The third-order valence-corrected chi connectivity index (χ3v) is 12.1. The van der Waals surface area contributed by atoms with E-state index < -0.39 is 102 Å². The Balaban J connectivity index is 2.66. The zero-order valence-electron chi connectivity index (χ0n) is 38.0. The molecule has 11 atom stereocenters. The molecule has 1 aromatic rings. The topological polar surface area (TPSA) is 192 Å². The lowest BCUT2D eigenvalue weighted by atomic mass is 9.86. The van der Waals surface area contributed by atoms with Crippen LogP contribution in [0.15, 0.2) is 42.0 Å². The van der Waals surface area contributed by atoms with Crippen molar-refractivity contribution in [2.75, 3.05) is 27.7 Å². The number of benzene rings is 1. The fourth-order valence-electron chi connectivity index (χ4n) is 6.93. The molecule has 15 nitrogen and oxygen atoms in total. The van der Waals surface area contributed by atoms with E-state index >= 15 is 0 Å². The lowest BCUT2D eigenvalue weighted by molar-refractivity contribution is -0.166. The fourth-order valence-corrected chi connectivity index (χ4v) is 6.93. The van der Waals surface area contributed by atoms with Crippen molar-refractivity contribution >= 4 is 41.5 Å². The first-order valence-electron chi connectivity index (χ1n) is 21.3. The number of nitrogens with zero attached hydrogens (tertiary/aromatic N) is 3. The molecule has 0 saturated carbocycles. The maximum Gasteiger partial charge on any atom is 0.334 e. The molecule has 0 aromatic heterocycles. The average Bonchev–Trinajstić information content (AvgIpc) is 3.24. The van der Waals surface area contributed by atoms with Crippen LogP contribution >= 0.6 is 0 Å². The number of ether oxygens (including phenoxy) is 2. The quantitative estimate of drug-likeness (QED) is 0.326. The molecule has 3 N–H and O–H groups in total. The van der Waals surface area contributed by atoms with Crippen LogP contribution in [0.3, 0.4) is 0 Å². The van der Waals surface area contributed by atoms with Gasteiger partial charge in [0.05, 0.1) is 12.6 Å². The molecule has 5 amide bonds. The van der Waals surface area contributed by atoms with Gasteiger partial charge < -0.3 is 39.9 Å². The molecule has 0 unspecified atom stereocenters. The first-order valence-corrected chi connectivity index (χ1v) is 21.3. The summed E-state index contributed by atoms with van der Waals surface area (Å²) >= 11 is 0. The van der Waals surface area contributed by atoms with Crippen LogP contribution in [-0.4, -0.2) is 131 Å². The van der Waals surface area contributed by atoms with Gasteiger partial charge in [0.25, 0.3) is 5.91 Å². The van der Waals surface area contributed by atoms with E-state index in [0.717, 1.165) is 5.56 Å². The Morgan fingerprint density at radius 1 is 0.767 bits per heavy atom. The molecule has 0 spiro atoms. The molecule has 0 radical (unpaired) electrons. The van der Waals surface area contributed by atoms with Crippen molar-refractivity contribution in [1.82, 2.24) is 25.3 Å². The maximum absolute atomic E-state index is 14.2. The SMILES string of the molecule is CC[C@@H](C)[C@@H]1NC(=O)CN(C)C(=O)[C@@H](Cc2ccccc2)N(C)C(=O)[C@H](C)NC(=O)[C@@H]([C@@H](C)CC)OC(=O)/C(C)=C/C[C@H](O)[C@H](C)[C@H]([C@@H](C)CC)OC(=O)[C@H](C)N(C)C1=O. The summed E-state index contributed by atoms with van der Waals surface area (Å²) in [5.74, 6) is -6.06. The van der Waals surface area contributed by atoms with Crippen molar-refractivity contribution < 1.29 is 48.1 Å². The molecule has 336 valence electrons. The summed E-state index contributed by atoms with van der Waals surface area (Å²) in [7, 11) is 4.33. The Morgan fingerprint density at radius 2 is 1.35 bits per heavy atom. The summed E-state index contributed by atoms with van der Waals surface area (Å²) in [5, 5.41) is 16.8. The Hall–Kier alpha value is -4.79. The van der Waals surface area contributed by atoms with Gasteiger partial charge in [0.15, 0.2) is 6.10 Å². The monoisotopic (exact) mass is 842 g/mol. The molecule has 0 fully saturated rings. The highest BCUT2D eigenvalue weighted by Gasteiger charge is 2.39. The van der Waals surface area contributed by atoms with Crippen molar-refractivity contribution in [1.29, 1.82) is 0 Å². The van der Waals surface area contributed by atoms with Crippen LogP contribution in [0.1, 0.15) is 100 Å². The van der Waals surface area contributed by atoms with Crippen molar-refractivity contribution in [2.45, 2.75) is 144 Å². The summed E-state index contributed by atoms with van der Waals surface area (Å²) in [5.41, 5.74) is 0.889. The highest BCUT2D eigenvalue weighted by molar-refractivity contribution is 5.96. The molecular weight excluding hydrogens is 771 g/mol. The summed E-state index contributed by atoms with van der Waals surface area (Å²) in [6.45, 7) is 16.9. The molecule has 1 aromatic carbocycles. The molecular formula is C45H71N5O10. The lowest BCUT2D eigenvalue weighted by Crippen LogP contribution is -2.58. The van der Waals surface area contributed by atoms with Gasteiger partial charge in [0.2, 0.25) is 23.6 Å². The number of esters is 2. The number of nitrogens with one attached hydrogen (secondary N) is 2. The number of rotatable bonds is 8. The smallest absolute Gasteiger partial charge is 0.334 e. The standard InChI is InChI=1S/C45H71N5O10/c1-14-26(4)37-43(56)49(12)32(10)45(58)59-38(27(5)15-2)30(8)35(51)23-22-29(7)44(57)60-39(28(6)16-3)40(53)46-31(9)41(54)50(13)34(24-33-20-18-17-19-21-33)42(55)48(11)25-36(52)47-37/h17-22,26-28,30-32,34-35,37-39,51H,14-16,23-25H2,1-13H3,(H,46,53)(H,47,52)/b29-22+/t26-,27+,28+,30+,31+,32+,34-,35+,37+,38+,39-/m1/s1. The van der Waals surface area contributed by atoms with Gasteiger partial charge in [-0.15, -0.1) is 0 Å². The van der Waals surface area contributed by atoms with Crippen LogP contribution in [0.4, 0.5) is 0 Å². The van der Waals surface area contributed by atoms with Gasteiger partial charge in [-0.25, -0.2) is 9.59 Å². The molecule has 0 saturated heterocycles. The highest BCUT2D eigenvalue weighted by Crippen LogP contribution is 2.26. The van der Waals surface area contributed by atoms with Crippen LogP contribution in [0.5, 0.6) is 0 Å². The Labute approximate surface area is 356 Å². The van der Waals surface area contributed by atoms with Crippen LogP contribution in [-0.2, 0) is 49.5 Å². The Bertz CT molecular complexity index is 1670. The minimum atomic E-state index is -1.26. The number of carbonyl (C=O) groups excluding carboxylic acids is 7. The molecule has 0 aliphatic carbocycles. The summed E-state index contributed by atoms with van der Waals surface area (Å²) in [6.07, 6.45) is 0.128. The van der Waals surface area contributed by atoms with Gasteiger partial charge in [-0.2, -0.15) is 0 Å². The molecule has 1 aliphatic heterocycles. The third kappa shape index (κ3) is 13.9. The molecule has 0 bridgehead atoms. The van der Waals surface area contributed by atoms with Gasteiger partial charge in [-0.05, 0) is 51.0 Å². The average molecular weight is 842 g/mol. The number of amides is 5. The van der Waals surface area contributed by atoms with Crippen molar-refractivity contribution in [2.24, 2.45) is 23.7 Å². The second-order valence-electron chi connectivity index (χ2n) is 16.7. The van der Waals surface area contributed by atoms with Crippen molar-refractivity contribution in [3.05, 3.63) is 47.5 Å². The minimum absolute atomic E-state index is 0.00688. The molecule has 2 rings (SSSR count). The van der Waals surface area contributed by atoms with Crippen LogP contribution in [0, 0.1) is 23.7 Å². The number of hydrogen-bond acceptors (Lipinski definition) is 10. The molecule has 60 heavy (non-hydrogen) atoms. The van der Waals surface area contributed by atoms with Crippen LogP contribution < -0.4 is 10.6 Å². The van der Waals surface area contributed by atoms with E-state index in [1.807, 2.05) is 45.9 Å². The van der Waals surface area contributed by atoms with Crippen LogP contribution in [0.25, 0.3) is 0 Å². The number of cyclic esters (lactones) is 2. The largest absolute Gasteiger partial charge is 0.460 e. The zero-order valence-corrected chi connectivity index (χ0v) is 38.0. The van der Waals surface area contributed by atoms with Crippen molar-refractivity contribution in [3.63, 3.8) is 0 Å². The van der Waals surface area contributed by atoms with E-state index in [1.54, 1.807) is 32.9 Å². The number of likely N-dealkylation sites (N-methyl/N-ethyl adjacent to an activating group) is 3. The van der Waals surface area contributed by atoms with Gasteiger partial charge >= 0.3 is 11.9 Å². The Morgan fingerprint density at radius 3 is 1.92 bits per heavy atom. The second-order valence-corrected chi connectivity index (χ2v) is 16.7.